The van der Waals surface area contributed by atoms with Gasteiger partial charge in [-0.3, -0.25) is 9.59 Å². The Morgan fingerprint density at radius 3 is 2.57 bits per heavy atom. The van der Waals surface area contributed by atoms with Gasteiger partial charge in [0.1, 0.15) is 11.5 Å². The molecule has 3 N–H and O–H groups in total. The molecule has 2 rings (SSSR count). The topological polar surface area (TPSA) is 82.2 Å². The summed E-state index contributed by atoms with van der Waals surface area (Å²) in [6.45, 7) is 7.18. The minimum Gasteiger partial charge on any atom is -0.481 e. The van der Waals surface area contributed by atoms with Gasteiger partial charge in [-0.15, -0.1) is 0 Å². The third-order valence-corrected chi connectivity index (χ3v) is 4.35. The number of aryl methyl sites for hydroxylation is 1. The van der Waals surface area contributed by atoms with Crippen molar-refractivity contribution in [1.82, 2.24) is 10.3 Å². The molecule has 1 heterocycles. The third-order valence-electron chi connectivity index (χ3n) is 4.35. The van der Waals surface area contributed by atoms with E-state index in [1.165, 1.54) is 12.1 Å². The number of H-pyrrole nitrogens is 1. The van der Waals surface area contributed by atoms with Gasteiger partial charge in [-0.05, 0) is 43.5 Å². The van der Waals surface area contributed by atoms with Crippen molar-refractivity contribution in [2.45, 2.75) is 39.7 Å². The van der Waals surface area contributed by atoms with E-state index in [1.807, 2.05) is 13.8 Å². The highest BCUT2D eigenvalue weighted by molar-refractivity contribution is 5.99. The first-order valence-electron chi connectivity index (χ1n) is 7.45. The Labute approximate surface area is 133 Å². The molecule has 0 fully saturated rings. The fourth-order valence-electron chi connectivity index (χ4n) is 2.53. The normalized spacial score (nSPS) is 14.0. The molecule has 1 aromatic carbocycles. The molecule has 0 saturated heterocycles. The van der Waals surface area contributed by atoms with Crippen molar-refractivity contribution < 1.29 is 19.1 Å². The van der Waals surface area contributed by atoms with Crippen molar-refractivity contribution in [3.63, 3.8) is 0 Å². The van der Waals surface area contributed by atoms with E-state index in [4.69, 9.17) is 5.11 Å². The number of amides is 1. The van der Waals surface area contributed by atoms with Gasteiger partial charge < -0.3 is 15.4 Å². The number of hydrogen-bond donors (Lipinski definition) is 3. The van der Waals surface area contributed by atoms with Crippen molar-refractivity contribution >= 4 is 22.8 Å². The van der Waals surface area contributed by atoms with Gasteiger partial charge in [0.05, 0.1) is 12.0 Å². The lowest BCUT2D eigenvalue weighted by Gasteiger charge is -2.33. The summed E-state index contributed by atoms with van der Waals surface area (Å²) in [6, 6.07) is 4.39. The van der Waals surface area contributed by atoms with Crippen molar-refractivity contribution in [2.75, 3.05) is 0 Å². The van der Waals surface area contributed by atoms with Crippen LogP contribution in [0.1, 0.15) is 43.2 Å². The van der Waals surface area contributed by atoms with Crippen molar-refractivity contribution in [2.24, 2.45) is 5.92 Å². The number of rotatable bonds is 5. The summed E-state index contributed by atoms with van der Waals surface area (Å²) in [4.78, 5) is 26.4. The second kappa shape index (κ2) is 6.02. The van der Waals surface area contributed by atoms with Gasteiger partial charge in [-0.25, -0.2) is 4.39 Å². The third kappa shape index (κ3) is 3.52. The number of benzene rings is 1. The van der Waals surface area contributed by atoms with E-state index in [1.54, 1.807) is 19.9 Å². The number of carbonyl (C=O) groups is 2. The molecule has 1 atom stereocenters. The molecule has 0 saturated carbocycles. The van der Waals surface area contributed by atoms with Crippen molar-refractivity contribution in [3.05, 3.63) is 35.3 Å². The Kier molecular flexibility index (Phi) is 4.45. The van der Waals surface area contributed by atoms with E-state index < -0.39 is 17.4 Å². The molecule has 0 spiro atoms. The fraction of sp³-hybridized carbons (Fsp3) is 0.412. The summed E-state index contributed by atoms with van der Waals surface area (Å²) >= 11 is 0. The van der Waals surface area contributed by atoms with Crippen LogP contribution in [-0.4, -0.2) is 27.5 Å². The van der Waals surface area contributed by atoms with Crippen molar-refractivity contribution in [3.8, 4) is 0 Å². The molecule has 2 aromatic rings. The Bertz CT molecular complexity index is 767. The number of hydrogen-bond acceptors (Lipinski definition) is 2. The predicted octanol–water partition coefficient (Wildman–Crippen LogP) is 3.23. The summed E-state index contributed by atoms with van der Waals surface area (Å²) in [5.41, 5.74) is 0.677. The first kappa shape index (κ1) is 17.0. The van der Waals surface area contributed by atoms with E-state index in [0.29, 0.717) is 5.52 Å². The molecule has 0 bridgehead atoms. The number of nitrogens with one attached hydrogen (secondary N) is 2. The Morgan fingerprint density at radius 1 is 1.35 bits per heavy atom. The number of fused-ring (bicyclic) bond motifs is 1. The number of aromatic nitrogens is 1. The summed E-state index contributed by atoms with van der Waals surface area (Å²) in [5.74, 6) is -1.82. The zero-order valence-electron chi connectivity index (χ0n) is 13.7. The minimum absolute atomic E-state index is 0.0638. The number of carboxylic acids is 1. The zero-order valence-corrected chi connectivity index (χ0v) is 13.7. The van der Waals surface area contributed by atoms with Crippen LogP contribution in [0.4, 0.5) is 4.39 Å². The monoisotopic (exact) mass is 320 g/mol. The Morgan fingerprint density at radius 2 is 2.00 bits per heavy atom. The molecule has 1 unspecified atom stereocenters. The van der Waals surface area contributed by atoms with Gasteiger partial charge in [0.2, 0.25) is 0 Å². The van der Waals surface area contributed by atoms with Crippen LogP contribution in [0.15, 0.2) is 18.2 Å². The van der Waals surface area contributed by atoms with Crippen LogP contribution in [0, 0.1) is 18.7 Å². The number of aromatic amines is 1. The molecule has 0 radical (unpaired) electrons. The van der Waals surface area contributed by atoms with Crippen LogP contribution in [-0.2, 0) is 4.79 Å². The highest BCUT2D eigenvalue weighted by Gasteiger charge is 2.33. The average molecular weight is 320 g/mol. The van der Waals surface area contributed by atoms with E-state index in [-0.39, 0.29) is 23.8 Å². The lowest BCUT2D eigenvalue weighted by molar-refractivity contribution is -0.138. The highest BCUT2D eigenvalue weighted by atomic mass is 19.1. The summed E-state index contributed by atoms with van der Waals surface area (Å²) in [5, 5.41) is 12.6. The Balaban J connectivity index is 2.33. The number of carbonyl (C=O) groups excluding carboxylic acids is 1. The number of aliphatic carboxylic acids is 1. The Hall–Kier alpha value is -2.37. The van der Waals surface area contributed by atoms with Gasteiger partial charge in [-0.2, -0.15) is 0 Å². The number of halogens is 1. The maximum atomic E-state index is 13.4. The molecule has 6 heteroatoms. The van der Waals surface area contributed by atoms with Crippen LogP contribution in [0.2, 0.25) is 0 Å². The van der Waals surface area contributed by atoms with Gasteiger partial charge in [-0.1, -0.05) is 13.8 Å². The lowest BCUT2D eigenvalue weighted by atomic mass is 9.85. The predicted molar refractivity (Wildman–Crippen MR) is 86.0 cm³/mol. The molecule has 5 nitrogen and oxygen atoms in total. The summed E-state index contributed by atoms with van der Waals surface area (Å²) < 4.78 is 13.4. The number of carboxylic acid groups (broad SMARTS) is 1. The van der Waals surface area contributed by atoms with Crippen LogP contribution in [0.3, 0.4) is 0 Å². The molecule has 124 valence electrons. The standard InChI is InChI=1S/C17H21FN2O3/c1-9(2)17(4,8-15(21)22)20-16(23)14-7-12-10(3)5-11(18)6-13(12)19-14/h5-7,9,19H,8H2,1-4H3,(H,20,23)(H,21,22). The maximum Gasteiger partial charge on any atom is 0.305 e. The molecule has 23 heavy (non-hydrogen) atoms. The van der Waals surface area contributed by atoms with E-state index in [2.05, 4.69) is 10.3 Å². The molecule has 1 amide bonds. The summed E-state index contributed by atoms with van der Waals surface area (Å²) in [7, 11) is 0. The van der Waals surface area contributed by atoms with Gasteiger partial charge in [0.15, 0.2) is 0 Å². The van der Waals surface area contributed by atoms with E-state index in [9.17, 15) is 14.0 Å². The second-order valence-corrected chi connectivity index (χ2v) is 6.46. The van der Waals surface area contributed by atoms with E-state index >= 15 is 0 Å². The fourth-order valence-corrected chi connectivity index (χ4v) is 2.53. The quantitative estimate of drug-likeness (QED) is 0.791. The first-order chi connectivity index (χ1) is 10.6. The van der Waals surface area contributed by atoms with Crippen LogP contribution in [0.25, 0.3) is 10.9 Å². The first-order valence-corrected chi connectivity index (χ1v) is 7.45. The molecular weight excluding hydrogens is 299 g/mol. The highest BCUT2D eigenvalue weighted by Crippen LogP contribution is 2.24. The van der Waals surface area contributed by atoms with E-state index in [0.717, 1.165) is 10.9 Å². The molecular formula is C17H21FN2O3. The van der Waals surface area contributed by atoms with Crippen LogP contribution >= 0.6 is 0 Å². The SMILES string of the molecule is Cc1cc(F)cc2[nH]c(C(=O)NC(C)(CC(=O)O)C(C)C)cc12. The second-order valence-electron chi connectivity index (χ2n) is 6.46. The molecule has 0 aliphatic heterocycles. The van der Waals surface area contributed by atoms with Crippen LogP contribution < -0.4 is 5.32 Å². The lowest BCUT2D eigenvalue weighted by Crippen LogP contribution is -2.51. The molecule has 1 aromatic heterocycles. The smallest absolute Gasteiger partial charge is 0.305 e. The summed E-state index contributed by atoms with van der Waals surface area (Å²) in [6.07, 6.45) is -0.176. The van der Waals surface area contributed by atoms with Crippen LogP contribution in [0.5, 0.6) is 0 Å². The van der Waals surface area contributed by atoms with Gasteiger partial charge in [0.25, 0.3) is 5.91 Å². The zero-order chi connectivity index (χ0) is 17.4. The average Bonchev–Trinajstić information content (AvgIpc) is 2.81. The maximum absolute atomic E-state index is 13.4. The molecule has 0 aliphatic rings. The molecule has 0 aliphatic carbocycles. The van der Waals surface area contributed by atoms with Crippen molar-refractivity contribution in [1.29, 1.82) is 0 Å². The largest absolute Gasteiger partial charge is 0.481 e. The van der Waals surface area contributed by atoms with Gasteiger partial charge in [0, 0.05) is 10.9 Å². The van der Waals surface area contributed by atoms with Gasteiger partial charge >= 0.3 is 5.97 Å². The minimum atomic E-state index is -0.976.